The number of rotatable bonds is 3. The molecule has 0 aromatic carbocycles. The lowest BCUT2D eigenvalue weighted by molar-refractivity contribution is -0.147. The predicted octanol–water partition coefficient (Wildman–Crippen LogP) is 0.447. The first-order valence-electron chi connectivity index (χ1n) is 6.79. The molecule has 0 bridgehead atoms. The van der Waals surface area contributed by atoms with Crippen molar-refractivity contribution >= 4 is 23.8 Å². The van der Waals surface area contributed by atoms with Gasteiger partial charge in [0.1, 0.15) is 12.2 Å². The number of imidazole rings is 1. The third-order valence-electron chi connectivity index (χ3n) is 3.31. The summed E-state index contributed by atoms with van der Waals surface area (Å²) in [5.41, 5.74) is 1.59. The zero-order valence-corrected chi connectivity index (χ0v) is 12.3. The van der Waals surface area contributed by atoms with Gasteiger partial charge in [0.05, 0.1) is 12.0 Å². The molecule has 0 radical (unpaired) electrons. The van der Waals surface area contributed by atoms with E-state index >= 15 is 0 Å². The fourth-order valence-electron chi connectivity index (χ4n) is 2.16. The largest absolute Gasteiger partial charge is 0.334 e. The molecule has 1 aliphatic heterocycles. The molecule has 1 saturated heterocycles. The molecule has 0 saturated carbocycles. The molecule has 21 heavy (non-hydrogen) atoms. The molecule has 7 nitrogen and oxygen atoms in total. The number of nitrogens with one attached hydrogen (secondary N) is 1. The number of piperazine rings is 1. The van der Waals surface area contributed by atoms with Crippen molar-refractivity contribution in [2.24, 2.45) is 0 Å². The Hall–Kier alpha value is -2.44. The third kappa shape index (κ3) is 3.01. The number of carbonyl (C=O) groups is 3. The van der Waals surface area contributed by atoms with E-state index < -0.39 is 11.8 Å². The zero-order valence-electron chi connectivity index (χ0n) is 12.3. The summed E-state index contributed by atoms with van der Waals surface area (Å²) in [7, 11) is 0. The Balaban J connectivity index is 2.33. The van der Waals surface area contributed by atoms with E-state index in [0.29, 0.717) is 5.69 Å². The average molecular weight is 290 g/mol. The lowest BCUT2D eigenvalue weighted by Crippen LogP contribution is -2.51. The van der Waals surface area contributed by atoms with Gasteiger partial charge >= 0.3 is 0 Å². The third-order valence-corrected chi connectivity index (χ3v) is 3.31. The van der Waals surface area contributed by atoms with Crippen LogP contribution in [0.15, 0.2) is 12.0 Å². The van der Waals surface area contributed by atoms with Crippen LogP contribution in [-0.4, -0.2) is 38.7 Å². The molecule has 7 heteroatoms. The van der Waals surface area contributed by atoms with E-state index in [4.69, 9.17) is 0 Å². The second-order valence-electron chi connectivity index (χ2n) is 4.93. The molecule has 0 unspecified atom stereocenters. The van der Waals surface area contributed by atoms with Crippen LogP contribution in [0, 0.1) is 6.92 Å². The fraction of sp³-hybridized carbons (Fsp3) is 0.429. The van der Waals surface area contributed by atoms with Gasteiger partial charge < -0.3 is 9.88 Å². The first-order valence-corrected chi connectivity index (χ1v) is 6.79. The number of imide groups is 1. The first-order chi connectivity index (χ1) is 9.93. The van der Waals surface area contributed by atoms with E-state index in [9.17, 15) is 14.4 Å². The lowest BCUT2D eigenvalue weighted by Gasteiger charge is -2.25. The summed E-state index contributed by atoms with van der Waals surface area (Å²) in [4.78, 5) is 40.3. The van der Waals surface area contributed by atoms with Crippen LogP contribution in [0.4, 0.5) is 0 Å². The summed E-state index contributed by atoms with van der Waals surface area (Å²) < 4.78 is 1.98. The summed E-state index contributed by atoms with van der Waals surface area (Å²) in [5.74, 6) is -1.35. The summed E-state index contributed by atoms with van der Waals surface area (Å²) in [6.07, 6.45) is 4.18. The predicted molar refractivity (Wildman–Crippen MR) is 75.8 cm³/mol. The summed E-state index contributed by atoms with van der Waals surface area (Å²) in [6, 6.07) is 0. The van der Waals surface area contributed by atoms with Crippen LogP contribution in [0.5, 0.6) is 0 Å². The van der Waals surface area contributed by atoms with Crippen molar-refractivity contribution in [1.82, 2.24) is 19.8 Å². The van der Waals surface area contributed by atoms with Crippen molar-refractivity contribution in [2.75, 3.05) is 6.54 Å². The highest BCUT2D eigenvalue weighted by atomic mass is 16.2. The fourth-order valence-corrected chi connectivity index (χ4v) is 2.16. The maximum atomic E-state index is 12.1. The molecule has 0 atom stereocenters. The molecule has 2 rings (SSSR count). The van der Waals surface area contributed by atoms with Crippen molar-refractivity contribution in [2.45, 2.75) is 33.7 Å². The summed E-state index contributed by atoms with van der Waals surface area (Å²) in [5, 5.41) is 2.50. The van der Waals surface area contributed by atoms with Gasteiger partial charge in [-0.05, 0) is 19.4 Å². The Bertz CT molecular complexity index is 630. The van der Waals surface area contributed by atoms with Gasteiger partial charge in [0.25, 0.3) is 5.91 Å². The van der Waals surface area contributed by atoms with E-state index in [1.807, 2.05) is 11.5 Å². The molecule has 112 valence electrons. The number of aryl methyl sites for hydroxylation is 1. The van der Waals surface area contributed by atoms with E-state index in [1.54, 1.807) is 6.33 Å². The van der Waals surface area contributed by atoms with Crippen molar-refractivity contribution in [3.63, 3.8) is 0 Å². The lowest BCUT2D eigenvalue weighted by atomic mass is 10.2. The van der Waals surface area contributed by atoms with Crippen molar-refractivity contribution < 1.29 is 14.4 Å². The van der Waals surface area contributed by atoms with E-state index in [1.165, 1.54) is 13.0 Å². The van der Waals surface area contributed by atoms with Gasteiger partial charge in [0.15, 0.2) is 0 Å². The number of aromatic nitrogens is 2. The Labute approximate surface area is 122 Å². The summed E-state index contributed by atoms with van der Waals surface area (Å²) in [6.45, 7) is 5.81. The van der Waals surface area contributed by atoms with Gasteiger partial charge in [-0.3, -0.25) is 19.3 Å². The SMILES string of the molecule is CCCn1cnc(C=C2NC(=O)CN(C(C)=O)C2=O)c1C. The number of hydrogen-bond donors (Lipinski definition) is 1. The minimum atomic E-state index is -0.508. The van der Waals surface area contributed by atoms with Gasteiger partial charge in [-0.15, -0.1) is 0 Å². The Morgan fingerprint density at radius 3 is 2.81 bits per heavy atom. The van der Waals surface area contributed by atoms with Gasteiger partial charge in [-0.25, -0.2) is 4.98 Å². The Morgan fingerprint density at radius 2 is 2.19 bits per heavy atom. The van der Waals surface area contributed by atoms with E-state index in [0.717, 1.165) is 23.6 Å². The smallest absolute Gasteiger partial charge is 0.277 e. The highest BCUT2D eigenvalue weighted by molar-refractivity contribution is 6.12. The van der Waals surface area contributed by atoms with E-state index in [-0.39, 0.29) is 18.1 Å². The van der Waals surface area contributed by atoms with Crippen LogP contribution < -0.4 is 5.32 Å². The standard InChI is InChI=1S/C14H18N4O3/c1-4-5-17-8-15-11(9(17)2)6-12-14(21)18(10(3)19)7-13(20)16-12/h6,8H,4-5,7H2,1-3H3,(H,16,20). The quantitative estimate of drug-likeness (QED) is 0.819. The molecule has 3 amide bonds. The van der Waals surface area contributed by atoms with Crippen LogP contribution in [-0.2, 0) is 20.9 Å². The second-order valence-corrected chi connectivity index (χ2v) is 4.93. The molecule has 2 heterocycles. The molecular weight excluding hydrogens is 272 g/mol. The van der Waals surface area contributed by atoms with Gasteiger partial charge in [-0.1, -0.05) is 6.92 Å². The molecule has 1 aromatic heterocycles. The molecule has 0 aliphatic carbocycles. The highest BCUT2D eigenvalue weighted by Gasteiger charge is 2.30. The van der Waals surface area contributed by atoms with Gasteiger partial charge in [0.2, 0.25) is 11.8 Å². The number of hydrogen-bond acceptors (Lipinski definition) is 4. The Kier molecular flexibility index (Phi) is 4.21. The van der Waals surface area contributed by atoms with E-state index in [2.05, 4.69) is 17.2 Å². The monoisotopic (exact) mass is 290 g/mol. The maximum absolute atomic E-state index is 12.1. The Morgan fingerprint density at radius 1 is 1.48 bits per heavy atom. The topological polar surface area (TPSA) is 84.3 Å². The zero-order chi connectivity index (χ0) is 15.6. The molecule has 1 aliphatic rings. The van der Waals surface area contributed by atoms with Crippen LogP contribution in [0.25, 0.3) is 6.08 Å². The minimum absolute atomic E-state index is 0.0753. The molecule has 1 aromatic rings. The molecular formula is C14H18N4O3. The number of carbonyl (C=O) groups excluding carboxylic acids is 3. The normalized spacial score (nSPS) is 17.3. The first kappa shape index (κ1) is 15.0. The van der Waals surface area contributed by atoms with Crippen LogP contribution >= 0.6 is 0 Å². The highest BCUT2D eigenvalue weighted by Crippen LogP contribution is 2.14. The van der Waals surface area contributed by atoms with Gasteiger partial charge in [-0.2, -0.15) is 0 Å². The molecule has 1 N–H and O–H groups in total. The van der Waals surface area contributed by atoms with Crippen LogP contribution in [0.3, 0.4) is 0 Å². The molecule has 1 fully saturated rings. The summed E-state index contributed by atoms with van der Waals surface area (Å²) >= 11 is 0. The number of amides is 3. The van der Waals surface area contributed by atoms with Crippen molar-refractivity contribution in [1.29, 1.82) is 0 Å². The number of nitrogens with zero attached hydrogens (tertiary/aromatic N) is 3. The van der Waals surface area contributed by atoms with Crippen molar-refractivity contribution in [3.8, 4) is 0 Å². The van der Waals surface area contributed by atoms with Crippen molar-refractivity contribution in [3.05, 3.63) is 23.4 Å². The average Bonchev–Trinajstić information content (AvgIpc) is 2.75. The second kappa shape index (κ2) is 5.90. The van der Waals surface area contributed by atoms with Gasteiger partial charge in [0, 0.05) is 19.2 Å². The minimum Gasteiger partial charge on any atom is -0.334 e. The maximum Gasteiger partial charge on any atom is 0.277 e. The molecule has 0 spiro atoms. The van der Waals surface area contributed by atoms with Crippen LogP contribution in [0.2, 0.25) is 0 Å². The van der Waals surface area contributed by atoms with Crippen LogP contribution in [0.1, 0.15) is 31.7 Å².